The second-order valence-corrected chi connectivity index (χ2v) is 2.86. The van der Waals surface area contributed by atoms with Gasteiger partial charge in [-0.25, -0.2) is 0 Å². The summed E-state index contributed by atoms with van der Waals surface area (Å²) in [7, 11) is 4.36. The third-order valence-electron chi connectivity index (χ3n) is 1.75. The Morgan fingerprint density at radius 2 is 1.64 bits per heavy atom. The van der Waals surface area contributed by atoms with Crippen molar-refractivity contribution in [1.82, 2.24) is 0 Å². The van der Waals surface area contributed by atoms with Gasteiger partial charge in [0.25, 0.3) is 0 Å². The summed E-state index contributed by atoms with van der Waals surface area (Å²) in [5, 5.41) is 9.52. The van der Waals surface area contributed by atoms with E-state index in [4.69, 9.17) is 25.8 Å². The molecule has 4 nitrogen and oxygen atoms in total. The largest absolute Gasteiger partial charge is 0.506 e. The summed E-state index contributed by atoms with van der Waals surface area (Å²) in [5.41, 5.74) is 0. The van der Waals surface area contributed by atoms with Gasteiger partial charge in [-0.3, -0.25) is 0 Å². The first kappa shape index (κ1) is 10.8. The van der Waals surface area contributed by atoms with Gasteiger partial charge in [0.2, 0.25) is 5.75 Å². The molecule has 0 unspecified atom stereocenters. The molecule has 0 aliphatic carbocycles. The maximum atomic E-state index is 9.42. The molecule has 0 aliphatic heterocycles. The Morgan fingerprint density at radius 1 is 1.07 bits per heavy atom. The van der Waals surface area contributed by atoms with Crippen LogP contribution in [-0.2, 0) is 0 Å². The molecule has 1 rings (SSSR count). The van der Waals surface area contributed by atoms with Crippen LogP contribution in [0.15, 0.2) is 6.07 Å². The fourth-order valence-corrected chi connectivity index (χ4v) is 1.33. The highest BCUT2D eigenvalue weighted by Crippen LogP contribution is 2.47. The van der Waals surface area contributed by atoms with E-state index in [1.54, 1.807) is 0 Å². The predicted octanol–water partition coefficient (Wildman–Crippen LogP) is 2.07. The van der Waals surface area contributed by atoms with Gasteiger partial charge in [-0.05, 0) is 0 Å². The van der Waals surface area contributed by atoms with Crippen molar-refractivity contribution in [2.45, 2.75) is 0 Å². The van der Waals surface area contributed by atoms with E-state index in [0.717, 1.165) is 0 Å². The van der Waals surface area contributed by atoms with Crippen LogP contribution >= 0.6 is 11.6 Å². The van der Waals surface area contributed by atoms with Gasteiger partial charge in [0.05, 0.1) is 21.3 Å². The molecule has 78 valence electrons. The Balaban J connectivity index is 3.42. The summed E-state index contributed by atoms with van der Waals surface area (Å²) in [6.07, 6.45) is 0. The molecule has 0 saturated heterocycles. The number of phenols is 1. The van der Waals surface area contributed by atoms with E-state index in [-0.39, 0.29) is 16.5 Å². The molecular weight excluding hydrogens is 208 g/mol. The molecule has 0 spiro atoms. The topological polar surface area (TPSA) is 47.9 Å². The number of aromatic hydroxyl groups is 1. The number of methoxy groups -OCH3 is 3. The van der Waals surface area contributed by atoms with E-state index in [2.05, 4.69) is 0 Å². The van der Waals surface area contributed by atoms with Crippen molar-refractivity contribution in [1.29, 1.82) is 0 Å². The molecule has 1 aromatic carbocycles. The van der Waals surface area contributed by atoms with Crippen LogP contribution in [0.3, 0.4) is 0 Å². The quantitative estimate of drug-likeness (QED) is 0.844. The number of ether oxygens (including phenoxy) is 3. The van der Waals surface area contributed by atoms with Crippen LogP contribution in [-0.4, -0.2) is 26.4 Å². The van der Waals surface area contributed by atoms with Crippen LogP contribution < -0.4 is 14.2 Å². The van der Waals surface area contributed by atoms with Crippen LogP contribution in [0.4, 0.5) is 0 Å². The van der Waals surface area contributed by atoms with E-state index < -0.39 is 0 Å². The van der Waals surface area contributed by atoms with Crippen molar-refractivity contribution in [3.8, 4) is 23.0 Å². The molecule has 14 heavy (non-hydrogen) atoms. The van der Waals surface area contributed by atoms with Gasteiger partial charge in [-0.2, -0.15) is 0 Å². The van der Waals surface area contributed by atoms with Gasteiger partial charge in [0.15, 0.2) is 11.5 Å². The molecule has 0 radical (unpaired) electrons. The highest BCUT2D eigenvalue weighted by atomic mass is 35.5. The molecule has 0 saturated carbocycles. The number of halogens is 1. The highest BCUT2D eigenvalue weighted by molar-refractivity contribution is 6.33. The molecular formula is C9H11ClO4. The Bertz CT molecular complexity index is 338. The molecule has 1 aromatic rings. The zero-order valence-electron chi connectivity index (χ0n) is 8.13. The van der Waals surface area contributed by atoms with Crippen LogP contribution in [0.2, 0.25) is 5.02 Å². The van der Waals surface area contributed by atoms with E-state index in [9.17, 15) is 5.11 Å². The van der Waals surface area contributed by atoms with Crippen LogP contribution in [0.5, 0.6) is 23.0 Å². The van der Waals surface area contributed by atoms with E-state index in [0.29, 0.717) is 11.5 Å². The highest BCUT2D eigenvalue weighted by Gasteiger charge is 2.18. The normalized spacial score (nSPS) is 9.71. The third kappa shape index (κ3) is 1.65. The van der Waals surface area contributed by atoms with Crippen LogP contribution in [0.25, 0.3) is 0 Å². The van der Waals surface area contributed by atoms with Gasteiger partial charge >= 0.3 is 0 Å². The molecule has 1 N–H and O–H groups in total. The number of phenolic OH excluding ortho intramolecular Hbond substituents is 1. The Morgan fingerprint density at radius 3 is 2.07 bits per heavy atom. The molecule has 0 amide bonds. The minimum absolute atomic E-state index is 0.102. The van der Waals surface area contributed by atoms with Crippen LogP contribution in [0, 0.1) is 0 Å². The Labute approximate surface area is 87.0 Å². The maximum Gasteiger partial charge on any atom is 0.205 e. The lowest BCUT2D eigenvalue weighted by molar-refractivity contribution is 0.320. The number of benzene rings is 1. The molecule has 0 aromatic heterocycles. The zero-order chi connectivity index (χ0) is 10.7. The average Bonchev–Trinajstić information content (AvgIpc) is 2.20. The van der Waals surface area contributed by atoms with Gasteiger partial charge in [0.1, 0.15) is 10.8 Å². The summed E-state index contributed by atoms with van der Waals surface area (Å²) in [5.74, 6) is 0.872. The van der Waals surface area contributed by atoms with E-state index in [1.807, 2.05) is 0 Å². The van der Waals surface area contributed by atoms with Crippen molar-refractivity contribution >= 4 is 11.6 Å². The van der Waals surface area contributed by atoms with Crippen molar-refractivity contribution in [2.75, 3.05) is 21.3 Å². The zero-order valence-corrected chi connectivity index (χ0v) is 8.88. The van der Waals surface area contributed by atoms with E-state index >= 15 is 0 Å². The number of hydrogen-bond donors (Lipinski definition) is 1. The third-order valence-corrected chi connectivity index (χ3v) is 2.12. The molecule has 5 heteroatoms. The molecule has 0 bridgehead atoms. The predicted molar refractivity (Wildman–Crippen MR) is 52.8 cm³/mol. The van der Waals surface area contributed by atoms with Crippen molar-refractivity contribution in [3.63, 3.8) is 0 Å². The van der Waals surface area contributed by atoms with Crippen molar-refractivity contribution in [3.05, 3.63) is 11.1 Å². The van der Waals surface area contributed by atoms with E-state index in [1.165, 1.54) is 27.4 Å². The summed E-state index contributed by atoms with van der Waals surface area (Å²) >= 11 is 5.80. The maximum absolute atomic E-state index is 9.42. The number of hydrogen-bond acceptors (Lipinski definition) is 4. The van der Waals surface area contributed by atoms with Gasteiger partial charge in [0, 0.05) is 6.07 Å². The second kappa shape index (κ2) is 4.28. The Kier molecular flexibility index (Phi) is 3.30. The first-order chi connectivity index (χ1) is 6.65. The summed E-state index contributed by atoms with van der Waals surface area (Å²) in [4.78, 5) is 0. The fraction of sp³-hybridized carbons (Fsp3) is 0.333. The summed E-state index contributed by atoms with van der Waals surface area (Å²) < 4.78 is 15.0. The summed E-state index contributed by atoms with van der Waals surface area (Å²) in [6.45, 7) is 0. The Hall–Kier alpha value is -1.29. The average molecular weight is 219 g/mol. The van der Waals surface area contributed by atoms with Gasteiger partial charge in [-0.1, -0.05) is 11.6 Å². The SMILES string of the molecule is COc1cc(O)c(Cl)c(OC)c1OC. The smallest absolute Gasteiger partial charge is 0.205 e. The molecule has 0 atom stereocenters. The minimum atomic E-state index is -0.110. The van der Waals surface area contributed by atoms with Crippen LogP contribution in [0.1, 0.15) is 0 Å². The first-order valence-corrected chi connectivity index (χ1v) is 4.21. The lowest BCUT2D eigenvalue weighted by Crippen LogP contribution is -1.95. The molecule has 0 fully saturated rings. The minimum Gasteiger partial charge on any atom is -0.506 e. The number of rotatable bonds is 3. The molecule has 0 heterocycles. The second-order valence-electron chi connectivity index (χ2n) is 2.48. The standard InChI is InChI=1S/C9H11ClO4/c1-12-6-4-5(11)7(10)9(14-3)8(6)13-2/h4,11H,1-3H3. The van der Waals surface area contributed by atoms with Crippen molar-refractivity contribution < 1.29 is 19.3 Å². The van der Waals surface area contributed by atoms with Gasteiger partial charge < -0.3 is 19.3 Å². The van der Waals surface area contributed by atoms with Crippen molar-refractivity contribution in [2.24, 2.45) is 0 Å². The molecule has 0 aliphatic rings. The lowest BCUT2D eigenvalue weighted by atomic mass is 10.2. The first-order valence-electron chi connectivity index (χ1n) is 3.83. The lowest BCUT2D eigenvalue weighted by Gasteiger charge is -2.13. The fourth-order valence-electron chi connectivity index (χ4n) is 1.11. The monoisotopic (exact) mass is 218 g/mol. The van der Waals surface area contributed by atoms with Gasteiger partial charge in [-0.15, -0.1) is 0 Å². The summed E-state index contributed by atoms with van der Waals surface area (Å²) in [6, 6.07) is 1.36.